The lowest BCUT2D eigenvalue weighted by molar-refractivity contribution is 0.618. The number of benzene rings is 4. The molecule has 0 aliphatic carbocycles. The summed E-state index contributed by atoms with van der Waals surface area (Å²) in [6.07, 6.45) is 1.88. The number of para-hydroxylation sites is 1. The van der Waals surface area contributed by atoms with Crippen LogP contribution >= 0.6 is 0 Å². The molecule has 0 atom stereocenters. The first-order valence-electron chi connectivity index (χ1n) is 11.3. The second kappa shape index (κ2) is 8.49. The van der Waals surface area contributed by atoms with Gasteiger partial charge in [-0.3, -0.25) is 4.98 Å². The molecule has 6 aromatic rings. The second-order valence-electron chi connectivity index (χ2n) is 8.20. The summed E-state index contributed by atoms with van der Waals surface area (Å²) in [5, 5.41) is 2.17. The summed E-state index contributed by atoms with van der Waals surface area (Å²) in [4.78, 5) is 9.97. The number of hydrogen-bond donors (Lipinski definition) is 0. The van der Waals surface area contributed by atoms with Crippen molar-refractivity contribution in [3.8, 4) is 39.3 Å². The minimum atomic E-state index is 0.798. The van der Waals surface area contributed by atoms with E-state index in [1.165, 1.54) is 5.56 Å². The number of nitrogens with zero attached hydrogens (tertiary/aromatic N) is 2. The van der Waals surface area contributed by atoms with E-state index in [9.17, 15) is 0 Å². The van der Waals surface area contributed by atoms with Gasteiger partial charge in [0, 0.05) is 22.5 Å². The predicted molar refractivity (Wildman–Crippen MR) is 143 cm³/mol. The fourth-order valence-electron chi connectivity index (χ4n) is 4.62. The van der Waals surface area contributed by atoms with Gasteiger partial charge in [0.05, 0.1) is 16.7 Å². The van der Waals surface area contributed by atoms with E-state index in [2.05, 4.69) is 78.9 Å². The van der Waals surface area contributed by atoms with Gasteiger partial charge in [-0.15, -0.1) is 0 Å². The summed E-state index contributed by atoms with van der Waals surface area (Å²) in [5.41, 5.74) is 8.19. The Labute approximate surface area is 199 Å². The molecular formula is C30H21BN2O. The van der Waals surface area contributed by atoms with Crippen LogP contribution in [0.15, 0.2) is 115 Å². The number of hydrogen-bond acceptors (Lipinski definition) is 3. The molecule has 6 rings (SSSR count). The lowest BCUT2D eigenvalue weighted by atomic mass is 9.95. The van der Waals surface area contributed by atoms with Crippen LogP contribution in [0.4, 0.5) is 0 Å². The van der Waals surface area contributed by atoms with Crippen LogP contribution in [0, 0.1) is 0 Å². The molecule has 34 heavy (non-hydrogen) atoms. The Balaban J connectivity index is 1.71. The van der Waals surface area contributed by atoms with Crippen molar-refractivity contribution in [1.82, 2.24) is 9.97 Å². The summed E-state index contributed by atoms with van der Waals surface area (Å²) >= 11 is 0. The van der Waals surface area contributed by atoms with Gasteiger partial charge in [0.15, 0.2) is 0 Å². The molecule has 0 unspecified atom stereocenters. The van der Waals surface area contributed by atoms with Crippen molar-refractivity contribution in [2.24, 2.45) is 0 Å². The molecule has 0 bridgehead atoms. The van der Waals surface area contributed by atoms with Crippen molar-refractivity contribution in [2.75, 3.05) is 0 Å². The quantitative estimate of drug-likeness (QED) is 0.228. The van der Waals surface area contributed by atoms with Crippen LogP contribution in [0.3, 0.4) is 0 Å². The highest BCUT2D eigenvalue weighted by Gasteiger charge is 2.16. The van der Waals surface area contributed by atoms with E-state index in [1.54, 1.807) is 8.05 Å². The molecule has 0 N–H and O–H groups in total. The number of rotatable bonds is 4. The first-order chi connectivity index (χ1) is 16.8. The topological polar surface area (TPSA) is 35.0 Å². The van der Waals surface area contributed by atoms with Crippen LogP contribution in [-0.2, 0) is 0 Å². The van der Waals surface area contributed by atoms with Crippen molar-refractivity contribution in [2.45, 2.75) is 0 Å². The van der Waals surface area contributed by atoms with E-state index in [0.717, 1.165) is 55.5 Å². The van der Waals surface area contributed by atoms with Gasteiger partial charge in [0.2, 0.25) is 0 Å². The van der Waals surface area contributed by atoms with Crippen molar-refractivity contribution in [3.05, 3.63) is 115 Å². The molecule has 0 amide bonds. The molecule has 0 aliphatic heterocycles. The Morgan fingerprint density at radius 1 is 0.559 bits per heavy atom. The highest BCUT2D eigenvalue weighted by molar-refractivity contribution is 6.12. The molecule has 0 saturated carbocycles. The first kappa shape index (κ1) is 20.2. The van der Waals surface area contributed by atoms with Gasteiger partial charge in [-0.2, -0.15) is 0 Å². The predicted octanol–water partition coefficient (Wildman–Crippen LogP) is 6.71. The number of fused-ring (bicyclic) bond motifs is 3. The van der Waals surface area contributed by atoms with Gasteiger partial charge in [0.1, 0.15) is 5.75 Å². The third kappa shape index (κ3) is 3.41. The van der Waals surface area contributed by atoms with Crippen LogP contribution in [-0.4, -0.2) is 18.0 Å². The molecular weight excluding hydrogens is 415 g/mol. The van der Waals surface area contributed by atoms with Crippen LogP contribution in [0.2, 0.25) is 0 Å². The zero-order valence-electron chi connectivity index (χ0n) is 18.8. The fourth-order valence-corrected chi connectivity index (χ4v) is 4.62. The number of aromatic nitrogens is 2. The van der Waals surface area contributed by atoms with Crippen LogP contribution in [0.25, 0.3) is 55.3 Å². The van der Waals surface area contributed by atoms with Crippen molar-refractivity contribution >= 4 is 29.9 Å². The van der Waals surface area contributed by atoms with Gasteiger partial charge in [-0.05, 0) is 46.5 Å². The van der Waals surface area contributed by atoms with Gasteiger partial charge >= 0.3 is 8.05 Å². The largest absolute Gasteiger partial charge is 0.567 e. The van der Waals surface area contributed by atoms with Crippen molar-refractivity contribution in [1.29, 1.82) is 0 Å². The SMILES string of the molecule is BOc1ccccc1-c1cc(-c2ccccc2)c2ccc3c(-c4ccccc4)ccnc3c2n1. The molecule has 0 aliphatic rings. The standard InChI is InChI=1S/C30H21BN2O/c31-34-28-14-8-7-13-25(28)27-19-26(21-11-5-2-6-12-21)24-16-15-23-22(20-9-3-1-4-10-20)17-18-32-29(23)30(24)33-27/h1-19H,31H2. The Kier molecular flexibility index (Phi) is 5.04. The Hall–Kier alpha value is -4.44. The van der Waals surface area contributed by atoms with Crippen molar-refractivity contribution in [3.63, 3.8) is 0 Å². The molecule has 2 heterocycles. The maximum atomic E-state index is 5.67. The summed E-state index contributed by atoms with van der Waals surface area (Å²) < 4.78 is 5.67. The highest BCUT2D eigenvalue weighted by Crippen LogP contribution is 2.38. The van der Waals surface area contributed by atoms with Crippen molar-refractivity contribution < 1.29 is 4.65 Å². The Morgan fingerprint density at radius 2 is 1.18 bits per heavy atom. The normalized spacial score (nSPS) is 11.1. The Bertz CT molecular complexity index is 1630. The number of pyridine rings is 2. The molecule has 0 spiro atoms. The van der Waals surface area contributed by atoms with E-state index >= 15 is 0 Å². The minimum absolute atomic E-state index is 0.798. The molecule has 0 saturated heterocycles. The highest BCUT2D eigenvalue weighted by atomic mass is 16.4. The molecule has 160 valence electrons. The average molecular weight is 436 g/mol. The maximum Gasteiger partial charge on any atom is 0.322 e. The molecule has 0 fully saturated rings. The zero-order chi connectivity index (χ0) is 22.9. The van der Waals surface area contributed by atoms with Gasteiger partial charge in [-0.1, -0.05) is 84.9 Å². The van der Waals surface area contributed by atoms with E-state index in [0.29, 0.717) is 0 Å². The van der Waals surface area contributed by atoms with Gasteiger partial charge < -0.3 is 4.65 Å². The smallest absolute Gasteiger partial charge is 0.322 e. The summed E-state index contributed by atoms with van der Waals surface area (Å²) in [7, 11) is 1.70. The third-order valence-corrected chi connectivity index (χ3v) is 6.24. The molecule has 4 heteroatoms. The van der Waals surface area contributed by atoms with Gasteiger partial charge in [0.25, 0.3) is 0 Å². The third-order valence-electron chi connectivity index (χ3n) is 6.24. The molecule has 2 aromatic heterocycles. The minimum Gasteiger partial charge on any atom is -0.567 e. The molecule has 4 aromatic carbocycles. The molecule has 0 radical (unpaired) electrons. The zero-order valence-corrected chi connectivity index (χ0v) is 18.8. The average Bonchev–Trinajstić information content (AvgIpc) is 2.93. The van der Waals surface area contributed by atoms with Crippen LogP contribution < -0.4 is 4.65 Å². The lowest BCUT2D eigenvalue weighted by Crippen LogP contribution is -1.95. The summed E-state index contributed by atoms with van der Waals surface area (Å²) in [6, 6.07) is 37.5. The summed E-state index contributed by atoms with van der Waals surface area (Å²) in [5.74, 6) is 0.798. The Morgan fingerprint density at radius 3 is 1.88 bits per heavy atom. The van der Waals surface area contributed by atoms with Gasteiger partial charge in [-0.25, -0.2) is 4.98 Å². The molecule has 3 nitrogen and oxygen atoms in total. The first-order valence-corrected chi connectivity index (χ1v) is 11.3. The van der Waals surface area contributed by atoms with E-state index in [-0.39, 0.29) is 0 Å². The monoisotopic (exact) mass is 436 g/mol. The van der Waals surface area contributed by atoms with E-state index in [1.807, 2.05) is 36.5 Å². The maximum absolute atomic E-state index is 5.67. The van der Waals surface area contributed by atoms with E-state index < -0.39 is 0 Å². The van der Waals surface area contributed by atoms with Crippen LogP contribution in [0.5, 0.6) is 5.75 Å². The fraction of sp³-hybridized carbons (Fsp3) is 0. The van der Waals surface area contributed by atoms with E-state index in [4.69, 9.17) is 14.6 Å². The lowest BCUT2D eigenvalue weighted by Gasteiger charge is -2.15. The summed E-state index contributed by atoms with van der Waals surface area (Å²) in [6.45, 7) is 0. The van der Waals surface area contributed by atoms with Crippen LogP contribution in [0.1, 0.15) is 0 Å². The second-order valence-corrected chi connectivity index (χ2v) is 8.20.